The third-order valence-electron chi connectivity index (χ3n) is 3.10. The molecular formula is C17H28N2O4. The van der Waals surface area contributed by atoms with Crippen LogP contribution in [0.25, 0.3) is 0 Å². The molecule has 6 nitrogen and oxygen atoms in total. The van der Waals surface area contributed by atoms with E-state index in [9.17, 15) is 4.79 Å². The molecule has 0 aromatic heterocycles. The molecule has 1 N–H and O–H groups in total. The summed E-state index contributed by atoms with van der Waals surface area (Å²) in [5.41, 5.74) is 0.675. The second kappa shape index (κ2) is 10.7. The molecule has 0 saturated heterocycles. The molecule has 0 bridgehead atoms. The van der Waals surface area contributed by atoms with Crippen molar-refractivity contribution < 1.29 is 19.0 Å². The van der Waals surface area contributed by atoms with E-state index in [0.29, 0.717) is 43.6 Å². The Balaban J connectivity index is 2.76. The Labute approximate surface area is 138 Å². The van der Waals surface area contributed by atoms with Gasteiger partial charge in [-0.05, 0) is 25.0 Å². The number of urea groups is 1. The van der Waals surface area contributed by atoms with Gasteiger partial charge in [0, 0.05) is 32.5 Å². The molecule has 1 aromatic carbocycles. The molecular weight excluding hydrogens is 296 g/mol. The second-order valence-corrected chi connectivity index (χ2v) is 5.20. The Morgan fingerprint density at radius 3 is 2.35 bits per heavy atom. The Morgan fingerprint density at radius 2 is 1.74 bits per heavy atom. The molecule has 0 spiro atoms. The average molecular weight is 324 g/mol. The molecule has 0 aliphatic heterocycles. The topological polar surface area (TPSA) is 60.0 Å². The maximum Gasteiger partial charge on any atom is 0.321 e. The first-order valence-corrected chi connectivity index (χ1v) is 8.03. The van der Waals surface area contributed by atoms with Crippen LogP contribution >= 0.6 is 0 Å². The van der Waals surface area contributed by atoms with Crippen molar-refractivity contribution in [3.05, 3.63) is 18.2 Å². The molecule has 130 valence electrons. The maximum absolute atomic E-state index is 12.1. The summed E-state index contributed by atoms with van der Waals surface area (Å²) in [4.78, 5) is 13.7. The number of carbonyl (C=O) groups excluding carboxylic acids is 1. The van der Waals surface area contributed by atoms with Crippen molar-refractivity contribution in [2.24, 2.45) is 0 Å². The second-order valence-electron chi connectivity index (χ2n) is 5.20. The van der Waals surface area contributed by atoms with Crippen molar-refractivity contribution >= 4 is 11.7 Å². The Hall–Kier alpha value is -1.95. The van der Waals surface area contributed by atoms with Crippen LogP contribution in [0.4, 0.5) is 10.5 Å². The third kappa shape index (κ3) is 6.78. The van der Waals surface area contributed by atoms with E-state index in [0.717, 1.165) is 12.8 Å². The lowest BCUT2D eigenvalue weighted by Crippen LogP contribution is -2.33. The fourth-order valence-electron chi connectivity index (χ4n) is 1.79. The summed E-state index contributed by atoms with van der Waals surface area (Å²) >= 11 is 0. The van der Waals surface area contributed by atoms with E-state index in [1.165, 1.54) is 0 Å². The van der Waals surface area contributed by atoms with E-state index < -0.39 is 0 Å². The highest BCUT2D eigenvalue weighted by Crippen LogP contribution is 2.31. The number of likely N-dealkylation sites (N-methyl/N-ethyl adjacent to an activating group) is 1. The van der Waals surface area contributed by atoms with Gasteiger partial charge in [-0.25, -0.2) is 4.79 Å². The minimum absolute atomic E-state index is 0.189. The van der Waals surface area contributed by atoms with Gasteiger partial charge >= 0.3 is 6.03 Å². The summed E-state index contributed by atoms with van der Waals surface area (Å²) in [5, 5.41) is 2.85. The summed E-state index contributed by atoms with van der Waals surface area (Å²) < 4.78 is 16.4. The van der Waals surface area contributed by atoms with Crippen molar-refractivity contribution in [1.29, 1.82) is 0 Å². The van der Waals surface area contributed by atoms with Crippen LogP contribution in [0.15, 0.2) is 18.2 Å². The summed E-state index contributed by atoms with van der Waals surface area (Å²) in [5.74, 6) is 1.35. The zero-order valence-electron chi connectivity index (χ0n) is 14.6. The molecule has 0 radical (unpaired) electrons. The minimum Gasteiger partial charge on any atom is -0.490 e. The van der Waals surface area contributed by atoms with Gasteiger partial charge in [0.15, 0.2) is 11.5 Å². The van der Waals surface area contributed by atoms with Crippen molar-refractivity contribution in [2.75, 3.05) is 45.8 Å². The van der Waals surface area contributed by atoms with E-state index in [1.54, 1.807) is 25.1 Å². The predicted molar refractivity (Wildman–Crippen MR) is 91.5 cm³/mol. The fourth-order valence-corrected chi connectivity index (χ4v) is 1.79. The fraction of sp³-hybridized carbons (Fsp3) is 0.588. The SMILES string of the molecule is CCCOc1ccc(NC(=O)N(C)CCOC)cc1OCCC. The smallest absolute Gasteiger partial charge is 0.321 e. The summed E-state index contributed by atoms with van der Waals surface area (Å²) in [7, 11) is 3.33. The molecule has 0 aliphatic carbocycles. The number of hydrogen-bond acceptors (Lipinski definition) is 4. The van der Waals surface area contributed by atoms with Gasteiger partial charge < -0.3 is 24.4 Å². The summed E-state index contributed by atoms with van der Waals surface area (Å²) in [6.07, 6.45) is 1.83. The van der Waals surface area contributed by atoms with Crippen LogP contribution in [0, 0.1) is 0 Å². The van der Waals surface area contributed by atoms with Crippen LogP contribution in [0.3, 0.4) is 0 Å². The zero-order valence-corrected chi connectivity index (χ0v) is 14.6. The quantitative estimate of drug-likeness (QED) is 0.717. The molecule has 1 rings (SSSR count). The van der Waals surface area contributed by atoms with Crippen LogP contribution in [0.1, 0.15) is 26.7 Å². The first kappa shape index (κ1) is 19.1. The van der Waals surface area contributed by atoms with Crippen LogP contribution in [-0.2, 0) is 4.74 Å². The maximum atomic E-state index is 12.1. The number of hydrogen-bond donors (Lipinski definition) is 1. The van der Waals surface area contributed by atoms with Gasteiger partial charge in [-0.2, -0.15) is 0 Å². The standard InChI is InChI=1S/C17H28N2O4/c1-5-10-22-15-8-7-14(13-16(15)23-11-6-2)18-17(20)19(3)9-12-21-4/h7-8,13H,5-6,9-12H2,1-4H3,(H,18,20). The minimum atomic E-state index is -0.189. The number of nitrogens with zero attached hydrogens (tertiary/aromatic N) is 1. The van der Waals surface area contributed by atoms with E-state index in [4.69, 9.17) is 14.2 Å². The van der Waals surface area contributed by atoms with Gasteiger partial charge in [-0.3, -0.25) is 0 Å². The highest BCUT2D eigenvalue weighted by Gasteiger charge is 2.11. The van der Waals surface area contributed by atoms with Gasteiger partial charge in [0.1, 0.15) is 0 Å². The molecule has 0 saturated carbocycles. The van der Waals surface area contributed by atoms with E-state index >= 15 is 0 Å². The van der Waals surface area contributed by atoms with Gasteiger partial charge in [0.2, 0.25) is 0 Å². The van der Waals surface area contributed by atoms with E-state index in [-0.39, 0.29) is 6.03 Å². The van der Waals surface area contributed by atoms with Gasteiger partial charge in [-0.15, -0.1) is 0 Å². The van der Waals surface area contributed by atoms with Crippen LogP contribution in [-0.4, -0.2) is 51.5 Å². The van der Waals surface area contributed by atoms with Crippen molar-refractivity contribution in [2.45, 2.75) is 26.7 Å². The first-order valence-electron chi connectivity index (χ1n) is 8.03. The lowest BCUT2D eigenvalue weighted by molar-refractivity contribution is 0.165. The van der Waals surface area contributed by atoms with E-state index in [2.05, 4.69) is 12.2 Å². The lowest BCUT2D eigenvalue weighted by Gasteiger charge is -2.18. The normalized spacial score (nSPS) is 10.3. The highest BCUT2D eigenvalue weighted by atomic mass is 16.5. The van der Waals surface area contributed by atoms with E-state index in [1.807, 2.05) is 19.1 Å². The molecule has 0 unspecified atom stereocenters. The average Bonchev–Trinajstić information content (AvgIpc) is 2.56. The molecule has 23 heavy (non-hydrogen) atoms. The van der Waals surface area contributed by atoms with Crippen LogP contribution in [0.2, 0.25) is 0 Å². The lowest BCUT2D eigenvalue weighted by atomic mass is 10.2. The largest absolute Gasteiger partial charge is 0.490 e. The molecule has 0 aliphatic rings. The number of methoxy groups -OCH3 is 1. The zero-order chi connectivity index (χ0) is 17.1. The number of carbonyl (C=O) groups is 1. The molecule has 6 heteroatoms. The number of nitrogens with one attached hydrogen (secondary N) is 1. The van der Waals surface area contributed by atoms with Crippen LogP contribution in [0.5, 0.6) is 11.5 Å². The number of rotatable bonds is 10. The molecule has 2 amide bonds. The van der Waals surface area contributed by atoms with Crippen LogP contribution < -0.4 is 14.8 Å². The number of ether oxygens (including phenoxy) is 3. The molecule has 1 aromatic rings. The molecule has 0 heterocycles. The monoisotopic (exact) mass is 324 g/mol. The molecule has 0 atom stereocenters. The highest BCUT2D eigenvalue weighted by molar-refractivity contribution is 5.89. The van der Waals surface area contributed by atoms with Crippen molar-refractivity contribution in [3.8, 4) is 11.5 Å². The summed E-state index contributed by atoms with van der Waals surface area (Å²) in [6.45, 7) is 6.36. The Morgan fingerprint density at radius 1 is 1.09 bits per heavy atom. The van der Waals surface area contributed by atoms with Gasteiger partial charge in [-0.1, -0.05) is 13.8 Å². The Bertz CT molecular complexity index is 480. The van der Waals surface area contributed by atoms with Crippen molar-refractivity contribution in [3.63, 3.8) is 0 Å². The molecule has 0 fully saturated rings. The van der Waals surface area contributed by atoms with Gasteiger partial charge in [0.25, 0.3) is 0 Å². The summed E-state index contributed by atoms with van der Waals surface area (Å²) in [6, 6.07) is 5.24. The Kier molecular flexibility index (Phi) is 8.90. The predicted octanol–water partition coefficient (Wildman–Crippen LogP) is 3.37. The first-order chi connectivity index (χ1) is 11.1. The van der Waals surface area contributed by atoms with Gasteiger partial charge in [0.05, 0.1) is 19.8 Å². The third-order valence-corrected chi connectivity index (χ3v) is 3.10. The number of benzene rings is 1. The van der Waals surface area contributed by atoms with Crippen molar-refractivity contribution in [1.82, 2.24) is 4.90 Å². The number of anilines is 1. The number of amides is 2.